The molecule has 0 aliphatic carbocycles. The zero-order valence-corrected chi connectivity index (χ0v) is 20.4. The first kappa shape index (κ1) is 22.3. The third kappa shape index (κ3) is 6.56. The summed E-state index contributed by atoms with van der Waals surface area (Å²) in [5, 5.41) is 0. The van der Waals surface area contributed by atoms with Gasteiger partial charge >= 0.3 is 6.09 Å². The number of ether oxygens (including phenoxy) is 1. The van der Waals surface area contributed by atoms with Crippen molar-refractivity contribution in [2.24, 2.45) is 0 Å². The van der Waals surface area contributed by atoms with E-state index in [1.165, 1.54) is 11.1 Å². The SMILES string of the molecule is CC(C)(C)OC(=O)N1CCN(C(Cc2ccc(Br)cc2)c2ccc(Br)cc2)CC1. The van der Waals surface area contributed by atoms with Crippen LogP contribution in [0, 0.1) is 0 Å². The smallest absolute Gasteiger partial charge is 0.410 e. The van der Waals surface area contributed by atoms with E-state index in [4.69, 9.17) is 4.74 Å². The van der Waals surface area contributed by atoms with Crippen molar-refractivity contribution < 1.29 is 9.53 Å². The number of halogens is 2. The lowest BCUT2D eigenvalue weighted by Gasteiger charge is -2.40. The van der Waals surface area contributed by atoms with E-state index in [1.807, 2.05) is 25.7 Å². The van der Waals surface area contributed by atoms with Crippen LogP contribution in [0.25, 0.3) is 0 Å². The molecule has 1 amide bonds. The van der Waals surface area contributed by atoms with Crippen LogP contribution in [0.2, 0.25) is 0 Å². The van der Waals surface area contributed by atoms with Crippen molar-refractivity contribution in [3.8, 4) is 0 Å². The number of hydrogen-bond donors (Lipinski definition) is 0. The van der Waals surface area contributed by atoms with Crippen molar-refractivity contribution in [3.63, 3.8) is 0 Å². The molecule has 1 saturated heterocycles. The predicted molar refractivity (Wildman–Crippen MR) is 124 cm³/mol. The molecular formula is C23H28Br2N2O2. The Kier molecular flexibility index (Phi) is 7.41. The first-order valence-electron chi connectivity index (χ1n) is 9.93. The van der Waals surface area contributed by atoms with Crippen LogP contribution in [0.15, 0.2) is 57.5 Å². The molecule has 0 aromatic heterocycles. The maximum atomic E-state index is 12.4. The molecule has 1 heterocycles. The minimum absolute atomic E-state index is 0.217. The van der Waals surface area contributed by atoms with Gasteiger partial charge < -0.3 is 9.64 Å². The van der Waals surface area contributed by atoms with Gasteiger partial charge in [0, 0.05) is 41.2 Å². The van der Waals surface area contributed by atoms with Gasteiger partial charge in [0.1, 0.15) is 5.60 Å². The van der Waals surface area contributed by atoms with Crippen LogP contribution in [0.5, 0.6) is 0 Å². The maximum absolute atomic E-state index is 12.4. The molecule has 3 rings (SSSR count). The largest absolute Gasteiger partial charge is 0.444 e. The monoisotopic (exact) mass is 522 g/mol. The topological polar surface area (TPSA) is 32.8 Å². The summed E-state index contributed by atoms with van der Waals surface area (Å²) in [4.78, 5) is 16.7. The number of rotatable bonds is 4. The highest BCUT2D eigenvalue weighted by Crippen LogP contribution is 2.28. The lowest BCUT2D eigenvalue weighted by Crippen LogP contribution is -2.51. The molecule has 0 bridgehead atoms. The van der Waals surface area contributed by atoms with Crippen LogP contribution in [-0.2, 0) is 11.2 Å². The van der Waals surface area contributed by atoms with Gasteiger partial charge in [-0.2, -0.15) is 0 Å². The fourth-order valence-electron chi connectivity index (χ4n) is 3.53. The van der Waals surface area contributed by atoms with Crippen molar-refractivity contribution in [2.45, 2.75) is 38.8 Å². The Balaban J connectivity index is 1.72. The van der Waals surface area contributed by atoms with E-state index in [9.17, 15) is 4.79 Å². The lowest BCUT2D eigenvalue weighted by atomic mass is 9.96. The number of benzene rings is 2. The van der Waals surface area contributed by atoms with E-state index in [0.717, 1.165) is 28.5 Å². The van der Waals surface area contributed by atoms with Gasteiger partial charge in [-0.15, -0.1) is 0 Å². The molecule has 156 valence electrons. The molecule has 1 unspecified atom stereocenters. The molecule has 1 aliphatic heterocycles. The van der Waals surface area contributed by atoms with E-state index in [1.54, 1.807) is 0 Å². The Morgan fingerprint density at radius 1 is 0.931 bits per heavy atom. The molecule has 2 aromatic rings. The summed E-state index contributed by atoms with van der Waals surface area (Å²) in [6.45, 7) is 8.74. The Hall–Kier alpha value is -1.37. The van der Waals surface area contributed by atoms with Crippen molar-refractivity contribution >= 4 is 38.0 Å². The molecule has 6 heteroatoms. The quantitative estimate of drug-likeness (QED) is 0.489. The average Bonchev–Trinajstić information content (AvgIpc) is 2.67. The average molecular weight is 524 g/mol. The van der Waals surface area contributed by atoms with Crippen LogP contribution < -0.4 is 0 Å². The van der Waals surface area contributed by atoms with Crippen LogP contribution in [0.3, 0.4) is 0 Å². The van der Waals surface area contributed by atoms with E-state index < -0.39 is 5.60 Å². The van der Waals surface area contributed by atoms with Crippen molar-refractivity contribution in [1.29, 1.82) is 0 Å². The van der Waals surface area contributed by atoms with Gasteiger partial charge in [0.25, 0.3) is 0 Å². The molecule has 0 saturated carbocycles. The Morgan fingerprint density at radius 3 is 1.97 bits per heavy atom. The summed E-state index contributed by atoms with van der Waals surface area (Å²) in [7, 11) is 0. The Bertz CT molecular complexity index is 808. The third-order valence-corrected chi connectivity index (χ3v) is 6.06. The van der Waals surface area contributed by atoms with Gasteiger partial charge in [-0.1, -0.05) is 56.1 Å². The summed E-state index contributed by atoms with van der Waals surface area (Å²) in [5.41, 5.74) is 2.13. The molecule has 0 radical (unpaired) electrons. The minimum Gasteiger partial charge on any atom is -0.444 e. The molecule has 1 fully saturated rings. The highest BCUT2D eigenvalue weighted by atomic mass is 79.9. The number of piperazine rings is 1. The predicted octanol–water partition coefficient (Wildman–Crippen LogP) is 6.05. The van der Waals surface area contributed by atoms with Crippen LogP contribution in [-0.4, -0.2) is 47.7 Å². The molecule has 4 nitrogen and oxygen atoms in total. The number of nitrogens with zero attached hydrogens (tertiary/aromatic N) is 2. The fraction of sp³-hybridized carbons (Fsp3) is 0.435. The van der Waals surface area contributed by atoms with Gasteiger partial charge in [-0.05, 0) is 62.6 Å². The minimum atomic E-state index is -0.463. The fourth-order valence-corrected chi connectivity index (χ4v) is 4.06. The highest BCUT2D eigenvalue weighted by Gasteiger charge is 2.29. The first-order valence-corrected chi connectivity index (χ1v) is 11.5. The van der Waals surface area contributed by atoms with Gasteiger partial charge in [0.05, 0.1) is 0 Å². The second kappa shape index (κ2) is 9.63. The summed E-state index contributed by atoms with van der Waals surface area (Å²) < 4.78 is 7.71. The first-order chi connectivity index (χ1) is 13.7. The number of amides is 1. The van der Waals surface area contributed by atoms with Crippen LogP contribution in [0.4, 0.5) is 4.79 Å². The Morgan fingerprint density at radius 2 is 1.45 bits per heavy atom. The Labute approximate surface area is 190 Å². The third-order valence-electron chi connectivity index (χ3n) is 5.00. The van der Waals surface area contributed by atoms with E-state index in [-0.39, 0.29) is 12.1 Å². The van der Waals surface area contributed by atoms with E-state index >= 15 is 0 Å². The van der Waals surface area contributed by atoms with Crippen molar-refractivity contribution in [1.82, 2.24) is 9.80 Å². The molecule has 1 aliphatic rings. The lowest BCUT2D eigenvalue weighted by molar-refractivity contribution is 0.0102. The van der Waals surface area contributed by atoms with Gasteiger partial charge in [0.15, 0.2) is 0 Å². The summed E-state index contributed by atoms with van der Waals surface area (Å²) in [5.74, 6) is 0. The van der Waals surface area contributed by atoms with Gasteiger partial charge in [0.2, 0.25) is 0 Å². The molecule has 0 spiro atoms. The summed E-state index contributed by atoms with van der Waals surface area (Å²) in [6.07, 6.45) is 0.715. The van der Waals surface area contributed by atoms with Crippen LogP contribution in [0.1, 0.15) is 37.9 Å². The number of carbonyl (C=O) groups excluding carboxylic acids is 1. The van der Waals surface area contributed by atoms with Gasteiger partial charge in [-0.25, -0.2) is 4.79 Å². The second-order valence-electron chi connectivity index (χ2n) is 8.40. The van der Waals surface area contributed by atoms with Crippen molar-refractivity contribution in [3.05, 3.63) is 68.6 Å². The van der Waals surface area contributed by atoms with Gasteiger partial charge in [-0.3, -0.25) is 4.90 Å². The molecule has 2 aromatic carbocycles. The highest BCUT2D eigenvalue weighted by molar-refractivity contribution is 9.10. The maximum Gasteiger partial charge on any atom is 0.410 e. The second-order valence-corrected chi connectivity index (χ2v) is 10.2. The van der Waals surface area contributed by atoms with E-state index in [0.29, 0.717) is 13.1 Å². The number of carbonyl (C=O) groups is 1. The zero-order valence-electron chi connectivity index (χ0n) is 17.2. The molecular weight excluding hydrogens is 496 g/mol. The van der Waals surface area contributed by atoms with Crippen molar-refractivity contribution in [2.75, 3.05) is 26.2 Å². The molecule has 29 heavy (non-hydrogen) atoms. The standard InChI is InChI=1S/C23H28Br2N2O2/c1-23(2,3)29-22(28)27-14-12-26(13-15-27)21(18-6-10-20(25)11-7-18)16-17-4-8-19(24)9-5-17/h4-11,21H,12-16H2,1-3H3. The zero-order chi connectivity index (χ0) is 21.0. The molecule has 1 atom stereocenters. The summed E-state index contributed by atoms with van der Waals surface area (Å²) >= 11 is 7.05. The normalized spacial score (nSPS) is 16.5. The summed E-state index contributed by atoms with van der Waals surface area (Å²) in [6, 6.07) is 17.4. The van der Waals surface area contributed by atoms with Crippen LogP contribution >= 0.6 is 31.9 Å². The molecule has 0 N–H and O–H groups in total. The van der Waals surface area contributed by atoms with E-state index in [2.05, 4.69) is 85.3 Å². The number of hydrogen-bond acceptors (Lipinski definition) is 3.